The highest BCUT2D eigenvalue weighted by atomic mass is 79.9. The standard InChI is InChI=1S/C11H16BrN3O/c1-11(2)8(4-9(11)16-3)15-10-13-5-7(12)6-14-10/h5-6,8-9H,4H2,1-3H3,(H,13,14,15). The summed E-state index contributed by atoms with van der Waals surface area (Å²) in [5.41, 5.74) is 0.130. The molecule has 1 heterocycles. The monoisotopic (exact) mass is 285 g/mol. The maximum absolute atomic E-state index is 5.40. The van der Waals surface area contributed by atoms with Crippen LogP contribution in [0.25, 0.3) is 0 Å². The molecule has 0 spiro atoms. The van der Waals surface area contributed by atoms with E-state index in [9.17, 15) is 0 Å². The number of anilines is 1. The summed E-state index contributed by atoms with van der Waals surface area (Å²) in [4.78, 5) is 8.41. The quantitative estimate of drug-likeness (QED) is 0.927. The SMILES string of the molecule is COC1CC(Nc2ncc(Br)cn2)C1(C)C. The Morgan fingerprint density at radius 2 is 2.06 bits per heavy atom. The van der Waals surface area contributed by atoms with Gasteiger partial charge in [0, 0.05) is 31.0 Å². The van der Waals surface area contributed by atoms with Gasteiger partial charge in [0.1, 0.15) is 0 Å². The summed E-state index contributed by atoms with van der Waals surface area (Å²) in [7, 11) is 1.76. The molecule has 4 nitrogen and oxygen atoms in total. The molecule has 1 aliphatic carbocycles. The van der Waals surface area contributed by atoms with Crippen molar-refractivity contribution in [2.75, 3.05) is 12.4 Å². The molecule has 0 aliphatic heterocycles. The maximum atomic E-state index is 5.40. The van der Waals surface area contributed by atoms with Crippen LogP contribution < -0.4 is 5.32 Å². The summed E-state index contributed by atoms with van der Waals surface area (Å²) in [6.07, 6.45) is 4.81. The van der Waals surface area contributed by atoms with Gasteiger partial charge in [-0.3, -0.25) is 0 Å². The summed E-state index contributed by atoms with van der Waals surface area (Å²) < 4.78 is 6.29. The van der Waals surface area contributed by atoms with E-state index in [1.807, 2.05) is 0 Å². The molecule has 1 aromatic rings. The normalized spacial score (nSPS) is 27.2. The van der Waals surface area contributed by atoms with Crippen LogP contribution in [0.5, 0.6) is 0 Å². The van der Waals surface area contributed by atoms with Crippen molar-refractivity contribution in [3.8, 4) is 0 Å². The maximum Gasteiger partial charge on any atom is 0.222 e. The second kappa shape index (κ2) is 4.30. The first-order valence-corrected chi connectivity index (χ1v) is 6.10. The molecule has 1 saturated carbocycles. The number of rotatable bonds is 3. The minimum atomic E-state index is 0.130. The smallest absolute Gasteiger partial charge is 0.222 e. The molecule has 1 aliphatic rings. The molecule has 16 heavy (non-hydrogen) atoms. The first-order valence-electron chi connectivity index (χ1n) is 5.31. The van der Waals surface area contributed by atoms with E-state index in [0.29, 0.717) is 18.1 Å². The van der Waals surface area contributed by atoms with Crippen LogP contribution >= 0.6 is 15.9 Å². The predicted octanol–water partition coefficient (Wildman–Crippen LogP) is 2.46. The average molecular weight is 286 g/mol. The topological polar surface area (TPSA) is 47.0 Å². The Morgan fingerprint density at radius 3 is 2.56 bits per heavy atom. The first-order chi connectivity index (χ1) is 7.54. The molecular formula is C11H16BrN3O. The number of nitrogens with one attached hydrogen (secondary N) is 1. The van der Waals surface area contributed by atoms with Gasteiger partial charge >= 0.3 is 0 Å². The Hall–Kier alpha value is -0.680. The van der Waals surface area contributed by atoms with Crippen molar-refractivity contribution >= 4 is 21.9 Å². The van der Waals surface area contributed by atoms with Gasteiger partial charge in [-0.15, -0.1) is 0 Å². The summed E-state index contributed by atoms with van der Waals surface area (Å²) in [6, 6.07) is 0.374. The van der Waals surface area contributed by atoms with Crippen molar-refractivity contribution in [3.05, 3.63) is 16.9 Å². The van der Waals surface area contributed by atoms with Crippen LogP contribution in [0.1, 0.15) is 20.3 Å². The molecule has 1 aromatic heterocycles. The summed E-state index contributed by atoms with van der Waals surface area (Å²) in [6.45, 7) is 4.39. The minimum Gasteiger partial charge on any atom is -0.381 e. The molecule has 0 saturated heterocycles. The van der Waals surface area contributed by atoms with Crippen LogP contribution in [0.3, 0.4) is 0 Å². The lowest BCUT2D eigenvalue weighted by atomic mass is 9.64. The van der Waals surface area contributed by atoms with E-state index < -0.39 is 0 Å². The van der Waals surface area contributed by atoms with Gasteiger partial charge in [-0.1, -0.05) is 13.8 Å². The fourth-order valence-corrected chi connectivity index (χ4v) is 2.28. The minimum absolute atomic E-state index is 0.130. The fourth-order valence-electron chi connectivity index (χ4n) is 2.07. The highest BCUT2D eigenvalue weighted by Gasteiger charge is 2.48. The lowest BCUT2D eigenvalue weighted by Crippen LogP contribution is -2.57. The summed E-state index contributed by atoms with van der Waals surface area (Å²) in [5, 5.41) is 3.34. The van der Waals surface area contributed by atoms with Crippen LogP contribution in [-0.4, -0.2) is 29.2 Å². The van der Waals surface area contributed by atoms with E-state index in [-0.39, 0.29) is 5.41 Å². The number of aromatic nitrogens is 2. The third kappa shape index (κ3) is 2.06. The van der Waals surface area contributed by atoms with Gasteiger partial charge in [-0.25, -0.2) is 9.97 Å². The second-order valence-electron chi connectivity index (χ2n) is 4.70. The van der Waals surface area contributed by atoms with Crippen molar-refractivity contribution in [2.24, 2.45) is 5.41 Å². The molecule has 2 unspecified atom stereocenters. The van der Waals surface area contributed by atoms with Crippen molar-refractivity contribution in [3.63, 3.8) is 0 Å². The molecule has 0 aromatic carbocycles. The Morgan fingerprint density at radius 1 is 1.44 bits per heavy atom. The molecule has 5 heteroatoms. The fraction of sp³-hybridized carbons (Fsp3) is 0.636. The van der Waals surface area contributed by atoms with Gasteiger partial charge in [0.15, 0.2) is 0 Å². The predicted molar refractivity (Wildman–Crippen MR) is 66.3 cm³/mol. The molecule has 1 N–H and O–H groups in total. The highest BCUT2D eigenvalue weighted by molar-refractivity contribution is 9.10. The third-order valence-electron chi connectivity index (χ3n) is 3.39. The van der Waals surface area contributed by atoms with E-state index >= 15 is 0 Å². The van der Waals surface area contributed by atoms with Crippen molar-refractivity contribution in [1.29, 1.82) is 0 Å². The Kier molecular flexibility index (Phi) is 3.17. The van der Waals surface area contributed by atoms with E-state index in [0.717, 1.165) is 10.9 Å². The number of hydrogen-bond donors (Lipinski definition) is 1. The van der Waals surface area contributed by atoms with Crippen LogP contribution in [0, 0.1) is 5.41 Å². The van der Waals surface area contributed by atoms with E-state index in [1.54, 1.807) is 19.5 Å². The number of ether oxygens (including phenoxy) is 1. The molecule has 0 amide bonds. The second-order valence-corrected chi connectivity index (χ2v) is 5.62. The zero-order valence-corrected chi connectivity index (χ0v) is 11.3. The lowest BCUT2D eigenvalue weighted by molar-refractivity contribution is -0.0796. The van der Waals surface area contributed by atoms with Gasteiger partial charge in [-0.05, 0) is 22.4 Å². The summed E-state index contributed by atoms with van der Waals surface area (Å²) in [5.74, 6) is 0.677. The zero-order chi connectivity index (χ0) is 11.8. The molecule has 0 radical (unpaired) electrons. The first kappa shape index (κ1) is 11.8. The van der Waals surface area contributed by atoms with E-state index in [4.69, 9.17) is 4.74 Å². The molecule has 0 bridgehead atoms. The van der Waals surface area contributed by atoms with Crippen molar-refractivity contribution in [2.45, 2.75) is 32.4 Å². The van der Waals surface area contributed by atoms with E-state index in [2.05, 4.69) is 45.1 Å². The molecule has 88 valence electrons. The van der Waals surface area contributed by atoms with Crippen molar-refractivity contribution in [1.82, 2.24) is 9.97 Å². The van der Waals surface area contributed by atoms with Crippen LogP contribution in [0.2, 0.25) is 0 Å². The van der Waals surface area contributed by atoms with Gasteiger partial charge in [0.05, 0.1) is 10.6 Å². The Balaban J connectivity index is 1.99. The number of methoxy groups -OCH3 is 1. The number of nitrogens with zero attached hydrogens (tertiary/aromatic N) is 2. The number of hydrogen-bond acceptors (Lipinski definition) is 4. The van der Waals surface area contributed by atoms with Gasteiger partial charge in [-0.2, -0.15) is 0 Å². The van der Waals surface area contributed by atoms with Crippen LogP contribution in [0.4, 0.5) is 5.95 Å². The number of halogens is 1. The largest absolute Gasteiger partial charge is 0.381 e. The Labute approximate surface area is 104 Å². The van der Waals surface area contributed by atoms with Gasteiger partial charge in [0.25, 0.3) is 0 Å². The summed E-state index contributed by atoms with van der Waals surface area (Å²) >= 11 is 3.31. The molecule has 1 fully saturated rings. The molecular weight excluding hydrogens is 270 g/mol. The lowest BCUT2D eigenvalue weighted by Gasteiger charge is -2.51. The molecule has 2 atom stereocenters. The Bertz CT molecular complexity index is 366. The zero-order valence-electron chi connectivity index (χ0n) is 9.70. The molecule has 2 rings (SSSR count). The van der Waals surface area contributed by atoms with Crippen molar-refractivity contribution < 1.29 is 4.74 Å². The van der Waals surface area contributed by atoms with Gasteiger partial charge in [0.2, 0.25) is 5.95 Å². The van der Waals surface area contributed by atoms with E-state index in [1.165, 1.54) is 0 Å². The highest BCUT2D eigenvalue weighted by Crippen LogP contribution is 2.43. The third-order valence-corrected chi connectivity index (χ3v) is 3.80. The average Bonchev–Trinajstić information content (AvgIpc) is 2.26. The van der Waals surface area contributed by atoms with Gasteiger partial charge < -0.3 is 10.1 Å². The van der Waals surface area contributed by atoms with Crippen LogP contribution in [0.15, 0.2) is 16.9 Å². The van der Waals surface area contributed by atoms with Crippen LogP contribution in [-0.2, 0) is 4.74 Å².